The molecule has 2 N–H and O–H groups in total. The molecule has 0 spiro atoms. The highest BCUT2D eigenvalue weighted by atomic mass is 16.5. The monoisotopic (exact) mass is 230 g/mol. The van der Waals surface area contributed by atoms with E-state index in [0.717, 1.165) is 12.3 Å². The van der Waals surface area contributed by atoms with Gasteiger partial charge in [0.15, 0.2) is 0 Å². The van der Waals surface area contributed by atoms with E-state index in [9.17, 15) is 0 Å². The van der Waals surface area contributed by atoms with E-state index >= 15 is 0 Å². The van der Waals surface area contributed by atoms with Gasteiger partial charge in [0.05, 0.1) is 7.11 Å². The van der Waals surface area contributed by atoms with E-state index < -0.39 is 0 Å². The molecule has 0 bridgehead atoms. The minimum Gasteiger partial charge on any atom is -0.496 e. The number of ether oxygens (including phenoxy) is 1. The highest BCUT2D eigenvalue weighted by Gasteiger charge is 2.09. The van der Waals surface area contributed by atoms with Crippen LogP contribution in [0.15, 0.2) is 42.7 Å². The molecule has 2 rings (SSSR count). The van der Waals surface area contributed by atoms with Crippen molar-refractivity contribution in [2.45, 2.75) is 19.5 Å². The van der Waals surface area contributed by atoms with Crippen LogP contribution in [0.4, 0.5) is 0 Å². The van der Waals surface area contributed by atoms with Gasteiger partial charge in [-0.15, -0.1) is 0 Å². The molecule has 1 aromatic heterocycles. The van der Waals surface area contributed by atoms with Crippen LogP contribution in [0.5, 0.6) is 5.75 Å². The molecule has 2 aromatic rings. The van der Waals surface area contributed by atoms with E-state index in [4.69, 9.17) is 4.74 Å². The number of benzene rings is 1. The first-order chi connectivity index (χ1) is 8.31. The number of para-hydroxylation sites is 1. The summed E-state index contributed by atoms with van der Waals surface area (Å²) in [6.45, 7) is 2.99. The molecule has 0 amide bonds. The quantitative estimate of drug-likeness (QED) is 0.828. The van der Waals surface area contributed by atoms with E-state index in [1.807, 2.05) is 30.6 Å². The average molecular weight is 230 g/mol. The predicted octanol–water partition coefficient (Wildman–Crippen LogP) is 2.87. The van der Waals surface area contributed by atoms with Crippen molar-refractivity contribution in [3.05, 3.63) is 53.9 Å². The van der Waals surface area contributed by atoms with E-state index in [1.54, 1.807) is 7.11 Å². The molecule has 1 aromatic carbocycles. The molecule has 0 unspecified atom stereocenters. The molecule has 0 aliphatic carbocycles. The number of H-pyrrole nitrogens is 1. The number of aromatic amines is 1. The van der Waals surface area contributed by atoms with Crippen molar-refractivity contribution in [3.63, 3.8) is 0 Å². The van der Waals surface area contributed by atoms with Crippen molar-refractivity contribution in [1.82, 2.24) is 10.3 Å². The van der Waals surface area contributed by atoms with Gasteiger partial charge >= 0.3 is 0 Å². The third-order valence-corrected chi connectivity index (χ3v) is 2.88. The fourth-order valence-electron chi connectivity index (χ4n) is 1.87. The first kappa shape index (κ1) is 11.7. The van der Waals surface area contributed by atoms with Crippen LogP contribution in [-0.4, -0.2) is 12.1 Å². The Morgan fingerprint density at radius 1 is 1.29 bits per heavy atom. The molecule has 0 fully saturated rings. The maximum atomic E-state index is 5.36. The molecule has 0 radical (unpaired) electrons. The van der Waals surface area contributed by atoms with Crippen LogP contribution in [0.1, 0.15) is 24.1 Å². The van der Waals surface area contributed by atoms with Gasteiger partial charge in [-0.25, -0.2) is 0 Å². The Balaban J connectivity index is 2.01. The van der Waals surface area contributed by atoms with Crippen LogP contribution < -0.4 is 10.1 Å². The van der Waals surface area contributed by atoms with Gasteiger partial charge in [-0.3, -0.25) is 0 Å². The van der Waals surface area contributed by atoms with Crippen LogP contribution in [0, 0.1) is 0 Å². The van der Waals surface area contributed by atoms with Crippen molar-refractivity contribution in [2.75, 3.05) is 7.11 Å². The minimum atomic E-state index is 0.265. The van der Waals surface area contributed by atoms with Crippen molar-refractivity contribution in [1.29, 1.82) is 0 Å². The first-order valence-electron chi connectivity index (χ1n) is 5.79. The van der Waals surface area contributed by atoms with Crippen LogP contribution in [0.25, 0.3) is 0 Å². The molecule has 1 heterocycles. The summed E-state index contributed by atoms with van der Waals surface area (Å²) in [7, 11) is 1.71. The van der Waals surface area contributed by atoms with Gasteiger partial charge in [0.1, 0.15) is 5.75 Å². The summed E-state index contributed by atoms with van der Waals surface area (Å²) in [6.07, 6.45) is 3.94. The van der Waals surface area contributed by atoms with Crippen LogP contribution in [0.2, 0.25) is 0 Å². The van der Waals surface area contributed by atoms with Gasteiger partial charge in [0, 0.05) is 30.5 Å². The topological polar surface area (TPSA) is 37.0 Å². The number of hydrogen-bond acceptors (Lipinski definition) is 2. The van der Waals surface area contributed by atoms with Crippen molar-refractivity contribution >= 4 is 0 Å². The number of rotatable bonds is 5. The first-order valence-corrected chi connectivity index (χ1v) is 5.79. The standard InChI is InChI=1S/C14H18N2O/c1-11(16-10-12-7-8-15-9-12)13-5-3-4-6-14(13)17-2/h3-9,11,15-16H,10H2,1-2H3/t11-/m0/s1. The number of aromatic nitrogens is 1. The average Bonchev–Trinajstić information content (AvgIpc) is 2.89. The molecule has 90 valence electrons. The van der Waals surface area contributed by atoms with Gasteiger partial charge in [0.2, 0.25) is 0 Å². The van der Waals surface area contributed by atoms with Gasteiger partial charge in [-0.1, -0.05) is 18.2 Å². The van der Waals surface area contributed by atoms with Gasteiger partial charge in [-0.05, 0) is 24.6 Å². The molecule has 0 saturated heterocycles. The zero-order chi connectivity index (χ0) is 12.1. The Labute approximate surface area is 102 Å². The zero-order valence-electron chi connectivity index (χ0n) is 10.2. The Hall–Kier alpha value is -1.74. The summed E-state index contributed by atoms with van der Waals surface area (Å²) >= 11 is 0. The molecule has 0 aliphatic heterocycles. The second-order valence-corrected chi connectivity index (χ2v) is 4.06. The summed E-state index contributed by atoms with van der Waals surface area (Å²) in [5.41, 5.74) is 2.44. The second-order valence-electron chi connectivity index (χ2n) is 4.06. The lowest BCUT2D eigenvalue weighted by molar-refractivity contribution is 0.401. The van der Waals surface area contributed by atoms with Gasteiger partial charge < -0.3 is 15.0 Å². The third kappa shape index (κ3) is 2.88. The maximum Gasteiger partial charge on any atom is 0.123 e. The normalized spacial score (nSPS) is 12.4. The minimum absolute atomic E-state index is 0.265. The van der Waals surface area contributed by atoms with E-state index in [2.05, 4.69) is 29.4 Å². The maximum absolute atomic E-state index is 5.36. The Morgan fingerprint density at radius 3 is 2.82 bits per heavy atom. The van der Waals surface area contributed by atoms with Gasteiger partial charge in [0.25, 0.3) is 0 Å². The molecule has 1 atom stereocenters. The van der Waals surface area contributed by atoms with E-state index in [-0.39, 0.29) is 6.04 Å². The van der Waals surface area contributed by atoms with Crippen LogP contribution in [-0.2, 0) is 6.54 Å². The Morgan fingerprint density at radius 2 is 2.12 bits per heavy atom. The molecule has 0 saturated carbocycles. The van der Waals surface area contributed by atoms with Crippen molar-refractivity contribution in [3.8, 4) is 5.75 Å². The molecular formula is C14H18N2O. The summed E-state index contributed by atoms with van der Waals surface area (Å²) < 4.78 is 5.36. The molecular weight excluding hydrogens is 212 g/mol. The third-order valence-electron chi connectivity index (χ3n) is 2.88. The van der Waals surface area contributed by atoms with Crippen molar-refractivity contribution < 1.29 is 4.74 Å². The predicted molar refractivity (Wildman–Crippen MR) is 69.0 cm³/mol. The number of hydrogen-bond donors (Lipinski definition) is 2. The number of methoxy groups -OCH3 is 1. The summed E-state index contributed by atoms with van der Waals surface area (Å²) in [6, 6.07) is 10.4. The fourth-order valence-corrected chi connectivity index (χ4v) is 1.87. The van der Waals surface area contributed by atoms with Crippen LogP contribution in [0.3, 0.4) is 0 Å². The highest BCUT2D eigenvalue weighted by Crippen LogP contribution is 2.24. The smallest absolute Gasteiger partial charge is 0.123 e. The highest BCUT2D eigenvalue weighted by molar-refractivity contribution is 5.35. The van der Waals surface area contributed by atoms with Crippen molar-refractivity contribution in [2.24, 2.45) is 0 Å². The molecule has 3 nitrogen and oxygen atoms in total. The second kappa shape index (κ2) is 5.55. The molecule has 0 aliphatic rings. The Bertz CT molecular complexity index is 451. The zero-order valence-corrected chi connectivity index (χ0v) is 10.2. The summed E-state index contributed by atoms with van der Waals surface area (Å²) in [5.74, 6) is 0.932. The lowest BCUT2D eigenvalue weighted by Gasteiger charge is -2.16. The fraction of sp³-hybridized carbons (Fsp3) is 0.286. The van der Waals surface area contributed by atoms with E-state index in [1.165, 1.54) is 11.1 Å². The largest absolute Gasteiger partial charge is 0.496 e. The lowest BCUT2D eigenvalue weighted by atomic mass is 10.1. The van der Waals surface area contributed by atoms with Gasteiger partial charge in [-0.2, -0.15) is 0 Å². The Kier molecular flexibility index (Phi) is 3.83. The summed E-state index contributed by atoms with van der Waals surface area (Å²) in [5, 5.41) is 3.48. The SMILES string of the molecule is COc1ccccc1[C@H](C)NCc1cc[nH]c1. The molecule has 17 heavy (non-hydrogen) atoms. The van der Waals surface area contributed by atoms with Crippen LogP contribution >= 0.6 is 0 Å². The van der Waals surface area contributed by atoms with E-state index in [0.29, 0.717) is 0 Å². The number of nitrogens with one attached hydrogen (secondary N) is 2. The summed E-state index contributed by atoms with van der Waals surface area (Å²) in [4.78, 5) is 3.05. The molecule has 3 heteroatoms. The lowest BCUT2D eigenvalue weighted by Crippen LogP contribution is -2.18.